The topological polar surface area (TPSA) is 83.5 Å². The molecule has 7 aromatic rings. The van der Waals surface area contributed by atoms with E-state index in [1.807, 2.05) is 114 Å². The number of nitrogens with zero attached hydrogens (tertiary/aromatic N) is 2. The summed E-state index contributed by atoms with van der Waals surface area (Å²) in [5.74, 6) is 0.162. The molecule has 0 fully saturated rings. The van der Waals surface area contributed by atoms with Crippen molar-refractivity contribution in [2.75, 3.05) is 0 Å². The summed E-state index contributed by atoms with van der Waals surface area (Å²) in [5.41, 5.74) is 7.10. The number of rotatable bonds is 7. The zero-order chi connectivity index (χ0) is 26.3. The molecule has 0 amide bonds. The lowest BCUT2D eigenvalue weighted by Crippen LogP contribution is -2.04. The lowest BCUT2D eigenvalue weighted by molar-refractivity contribution is 0.0985. The van der Waals surface area contributed by atoms with Crippen LogP contribution in [0.4, 0.5) is 0 Å². The number of ketones is 2. The maximum Gasteiger partial charge on any atom is 0.167 e. The average molecular weight is 509 g/mol. The van der Waals surface area contributed by atoms with Crippen molar-refractivity contribution >= 4 is 44.3 Å². The van der Waals surface area contributed by atoms with Crippen molar-refractivity contribution in [3.63, 3.8) is 0 Å². The van der Waals surface area contributed by atoms with Gasteiger partial charge < -0.3 is 9.97 Å². The highest BCUT2D eigenvalue weighted by atomic mass is 16.1. The largest absolute Gasteiger partial charge is 0.361 e. The molecule has 6 nitrogen and oxygen atoms in total. The number of hydrogen-bond acceptors (Lipinski definition) is 3. The van der Waals surface area contributed by atoms with Crippen LogP contribution in [0.15, 0.2) is 110 Å². The molecule has 0 aliphatic rings. The fourth-order valence-corrected chi connectivity index (χ4v) is 5.17. The van der Waals surface area contributed by atoms with E-state index in [2.05, 4.69) is 15.1 Å². The molecule has 0 saturated carbocycles. The average Bonchev–Trinajstić information content (AvgIpc) is 3.72. The van der Waals surface area contributed by atoms with Gasteiger partial charge in [0.05, 0.1) is 17.4 Å². The van der Waals surface area contributed by atoms with Crippen molar-refractivity contribution in [2.24, 2.45) is 0 Å². The fraction of sp³-hybridized carbons (Fsp3) is 0.0606. The summed E-state index contributed by atoms with van der Waals surface area (Å²) < 4.78 is 1.88. The van der Waals surface area contributed by atoms with Crippen molar-refractivity contribution < 1.29 is 9.59 Å². The standard InChI is InChI=1S/C33H24N4O2/c38-32(25-6-4-23-11-13-34-29(23)18-25)16-21-1-8-28(9-2-21)37-31-10-3-22(15-27(31)20-36-37)17-33(39)26-7-5-24-12-14-35-30(24)19-26/h1-15,18-20,34-35H,16-17H2. The Morgan fingerprint density at radius 1 is 0.615 bits per heavy atom. The molecule has 0 aliphatic heterocycles. The molecule has 3 heterocycles. The molecule has 39 heavy (non-hydrogen) atoms. The molecular weight excluding hydrogens is 484 g/mol. The van der Waals surface area contributed by atoms with E-state index in [4.69, 9.17) is 0 Å². The highest BCUT2D eigenvalue weighted by molar-refractivity contribution is 6.01. The summed E-state index contributed by atoms with van der Waals surface area (Å²) in [4.78, 5) is 32.1. The van der Waals surface area contributed by atoms with Crippen LogP contribution < -0.4 is 0 Å². The van der Waals surface area contributed by atoms with E-state index in [0.29, 0.717) is 24.0 Å². The molecule has 6 heteroatoms. The molecule has 3 aromatic heterocycles. The Kier molecular flexibility index (Phi) is 5.44. The van der Waals surface area contributed by atoms with Crippen LogP contribution in [0.25, 0.3) is 38.4 Å². The third-order valence-corrected chi connectivity index (χ3v) is 7.30. The second-order valence-corrected chi connectivity index (χ2v) is 9.88. The number of Topliss-reactive ketones (excluding diaryl/α,β-unsaturated/α-hetero) is 2. The quantitative estimate of drug-likeness (QED) is 0.231. The molecule has 0 saturated heterocycles. The van der Waals surface area contributed by atoms with Gasteiger partial charge in [0.25, 0.3) is 0 Å². The number of H-pyrrole nitrogens is 2. The van der Waals surface area contributed by atoms with Crippen LogP contribution in [0.3, 0.4) is 0 Å². The highest BCUT2D eigenvalue weighted by Crippen LogP contribution is 2.23. The lowest BCUT2D eigenvalue weighted by Gasteiger charge is -2.07. The molecule has 0 unspecified atom stereocenters. The van der Waals surface area contributed by atoms with Gasteiger partial charge >= 0.3 is 0 Å². The van der Waals surface area contributed by atoms with Crippen LogP contribution in [-0.2, 0) is 12.8 Å². The third kappa shape index (κ3) is 4.32. The van der Waals surface area contributed by atoms with Gasteiger partial charge in [-0.05, 0) is 70.4 Å². The van der Waals surface area contributed by atoms with Gasteiger partial charge in [0.2, 0.25) is 0 Å². The normalized spacial score (nSPS) is 11.5. The molecule has 7 rings (SSSR count). The van der Waals surface area contributed by atoms with Crippen LogP contribution in [0, 0.1) is 0 Å². The number of nitrogens with one attached hydrogen (secondary N) is 2. The van der Waals surface area contributed by atoms with Gasteiger partial charge in [-0.15, -0.1) is 0 Å². The van der Waals surface area contributed by atoms with Gasteiger partial charge in [-0.2, -0.15) is 5.10 Å². The first-order valence-corrected chi connectivity index (χ1v) is 12.9. The molecule has 0 radical (unpaired) electrons. The molecule has 4 aromatic carbocycles. The molecule has 0 spiro atoms. The first-order valence-electron chi connectivity index (χ1n) is 12.9. The summed E-state index contributed by atoms with van der Waals surface area (Å²) in [6, 6.07) is 29.4. The number of hydrogen-bond donors (Lipinski definition) is 2. The molecule has 0 bridgehead atoms. The minimum atomic E-state index is 0.0798. The van der Waals surface area contributed by atoms with Crippen molar-refractivity contribution in [3.8, 4) is 5.69 Å². The number of fused-ring (bicyclic) bond motifs is 3. The van der Waals surface area contributed by atoms with E-state index in [9.17, 15) is 9.59 Å². The van der Waals surface area contributed by atoms with Crippen LogP contribution in [0.5, 0.6) is 0 Å². The predicted molar refractivity (Wildman–Crippen MR) is 154 cm³/mol. The number of carbonyl (C=O) groups excluding carboxylic acids is 2. The summed E-state index contributed by atoms with van der Waals surface area (Å²) in [6.07, 6.45) is 6.24. The second-order valence-electron chi connectivity index (χ2n) is 9.88. The molecule has 188 valence electrons. The minimum Gasteiger partial charge on any atom is -0.361 e. The first-order chi connectivity index (χ1) is 19.1. The molecule has 0 atom stereocenters. The SMILES string of the molecule is O=C(Cc1ccc(-n2ncc3cc(CC(=O)c4ccc5cc[nH]c5c4)ccc32)cc1)c1ccc2cc[nH]c2c1. The van der Waals surface area contributed by atoms with E-state index in [1.165, 1.54) is 0 Å². The maximum absolute atomic E-state index is 12.9. The van der Waals surface area contributed by atoms with E-state index in [0.717, 1.165) is 49.5 Å². The molecular formula is C33H24N4O2. The fourth-order valence-electron chi connectivity index (χ4n) is 5.17. The van der Waals surface area contributed by atoms with Crippen LogP contribution in [-0.4, -0.2) is 31.3 Å². The van der Waals surface area contributed by atoms with E-state index >= 15 is 0 Å². The summed E-state index contributed by atoms with van der Waals surface area (Å²) >= 11 is 0. The van der Waals surface area contributed by atoms with Crippen LogP contribution in [0.2, 0.25) is 0 Å². The molecule has 0 aliphatic carbocycles. The smallest absolute Gasteiger partial charge is 0.167 e. The number of carbonyl (C=O) groups is 2. The molecule has 2 N–H and O–H groups in total. The Hall–Kier alpha value is -5.23. The van der Waals surface area contributed by atoms with Crippen molar-refractivity contribution in [1.29, 1.82) is 0 Å². The summed E-state index contributed by atoms with van der Waals surface area (Å²) in [6.45, 7) is 0. The monoisotopic (exact) mass is 508 g/mol. The zero-order valence-corrected chi connectivity index (χ0v) is 21.0. The van der Waals surface area contributed by atoms with Gasteiger partial charge in [-0.25, -0.2) is 4.68 Å². The third-order valence-electron chi connectivity index (χ3n) is 7.30. The Morgan fingerprint density at radius 2 is 1.21 bits per heavy atom. The van der Waals surface area contributed by atoms with Crippen molar-refractivity contribution in [2.45, 2.75) is 12.8 Å². The van der Waals surface area contributed by atoms with Gasteiger partial charge in [-0.3, -0.25) is 9.59 Å². The van der Waals surface area contributed by atoms with Gasteiger partial charge in [-0.1, -0.05) is 42.5 Å². The Labute approximate surface area is 223 Å². The minimum absolute atomic E-state index is 0.0798. The predicted octanol–water partition coefficient (Wildman–Crippen LogP) is 6.84. The summed E-state index contributed by atoms with van der Waals surface area (Å²) in [5, 5.41) is 7.75. The van der Waals surface area contributed by atoms with Crippen molar-refractivity contribution in [3.05, 3.63) is 132 Å². The van der Waals surface area contributed by atoms with Gasteiger partial charge in [0.15, 0.2) is 11.6 Å². The Bertz CT molecular complexity index is 2010. The highest BCUT2D eigenvalue weighted by Gasteiger charge is 2.12. The van der Waals surface area contributed by atoms with Crippen molar-refractivity contribution in [1.82, 2.24) is 19.7 Å². The Morgan fingerprint density at radius 3 is 1.85 bits per heavy atom. The second kappa shape index (κ2) is 9.26. The van der Waals surface area contributed by atoms with E-state index < -0.39 is 0 Å². The number of aromatic nitrogens is 4. The van der Waals surface area contributed by atoms with E-state index in [-0.39, 0.29) is 11.6 Å². The van der Waals surface area contributed by atoms with Crippen LogP contribution >= 0.6 is 0 Å². The maximum atomic E-state index is 12.9. The Balaban J connectivity index is 1.07. The van der Waals surface area contributed by atoms with Crippen LogP contribution in [0.1, 0.15) is 31.8 Å². The van der Waals surface area contributed by atoms with Gasteiger partial charge in [0, 0.05) is 52.8 Å². The zero-order valence-electron chi connectivity index (χ0n) is 21.0. The number of benzene rings is 4. The van der Waals surface area contributed by atoms with E-state index in [1.54, 1.807) is 0 Å². The lowest BCUT2D eigenvalue weighted by atomic mass is 10.0. The first kappa shape index (κ1) is 22.9. The number of aromatic amines is 2. The van der Waals surface area contributed by atoms with Gasteiger partial charge in [0.1, 0.15) is 0 Å². The summed E-state index contributed by atoms with van der Waals surface area (Å²) in [7, 11) is 0.